The zero-order chi connectivity index (χ0) is 25.8. The molecule has 0 saturated carbocycles. The minimum atomic E-state index is -1.20. The van der Waals surface area contributed by atoms with Crippen LogP contribution in [0, 0.1) is 0 Å². The van der Waals surface area contributed by atoms with Crippen molar-refractivity contribution in [1.29, 1.82) is 0 Å². The van der Waals surface area contributed by atoms with Gasteiger partial charge in [0.15, 0.2) is 0 Å². The van der Waals surface area contributed by atoms with Gasteiger partial charge < -0.3 is 39.7 Å². The number of ether oxygens (including phenoxy) is 2. The summed E-state index contributed by atoms with van der Waals surface area (Å²) < 4.78 is 11.5. The molecule has 0 aliphatic carbocycles. The average Bonchev–Trinajstić information content (AvgIpc) is 2.78. The van der Waals surface area contributed by atoms with Crippen LogP contribution in [0.4, 0.5) is 11.4 Å². The monoisotopic (exact) mass is 490 g/mol. The van der Waals surface area contributed by atoms with Gasteiger partial charge in [0.2, 0.25) is 0 Å². The molecule has 0 saturated heterocycles. The van der Waals surface area contributed by atoms with E-state index in [4.69, 9.17) is 24.8 Å². The van der Waals surface area contributed by atoms with Crippen LogP contribution in [0.3, 0.4) is 0 Å². The molecule has 0 heterocycles. The van der Waals surface area contributed by atoms with Crippen LogP contribution >= 0.6 is 0 Å². The van der Waals surface area contributed by atoms with Gasteiger partial charge >= 0.3 is 23.9 Å². The van der Waals surface area contributed by atoms with Gasteiger partial charge in [-0.1, -0.05) is 24.3 Å². The summed E-state index contributed by atoms with van der Waals surface area (Å²) in [5.41, 5.74) is 0.699. The molecular weight excluding hydrogens is 464 g/mol. The first-order chi connectivity index (χ1) is 16.7. The van der Waals surface area contributed by atoms with Crippen molar-refractivity contribution < 1.29 is 49.1 Å². The van der Waals surface area contributed by atoms with Gasteiger partial charge in [-0.2, -0.15) is 0 Å². The lowest BCUT2D eigenvalue weighted by Crippen LogP contribution is -2.34. The number of benzene rings is 2. The van der Waals surface area contributed by atoms with Crippen molar-refractivity contribution in [2.75, 3.05) is 49.2 Å². The molecule has 0 atom stereocenters. The molecule has 0 unspecified atom stereocenters. The zero-order valence-corrected chi connectivity index (χ0v) is 18.7. The number of carboxylic acids is 4. The molecule has 12 nitrogen and oxygen atoms in total. The molecule has 0 radical (unpaired) electrons. The van der Waals surface area contributed by atoms with E-state index < -0.39 is 43.5 Å². The minimum absolute atomic E-state index is 0.00733. The second kappa shape index (κ2) is 13.3. The van der Waals surface area contributed by atoms with E-state index >= 15 is 0 Å². The van der Waals surface area contributed by atoms with E-state index in [-0.39, 0.29) is 31.9 Å². The van der Waals surface area contributed by atoms with E-state index in [2.05, 4.69) is 0 Å². The number of nitrogens with zero attached hydrogens (tertiary/aromatic N) is 2. The number of hydrogen-bond donors (Lipinski definition) is 4. The van der Waals surface area contributed by atoms with Crippen LogP contribution in [0.15, 0.2) is 48.5 Å². The maximum atomic E-state index is 11.2. The van der Waals surface area contributed by atoms with E-state index in [0.29, 0.717) is 17.1 Å². The summed E-state index contributed by atoms with van der Waals surface area (Å²) in [6.45, 7) is -1.50. The molecule has 4 N–H and O–H groups in total. The fourth-order valence-corrected chi connectivity index (χ4v) is 3.22. The Morgan fingerprint density at radius 2 is 1.00 bits per heavy atom. The van der Waals surface area contributed by atoms with E-state index in [1.54, 1.807) is 48.5 Å². The van der Waals surface area contributed by atoms with Gasteiger partial charge in [0.1, 0.15) is 44.3 Å². The zero-order valence-electron chi connectivity index (χ0n) is 18.7. The van der Waals surface area contributed by atoms with Gasteiger partial charge in [-0.05, 0) is 24.3 Å². The SMILES string of the molecule is O=C(O)CCN(CC(=O)O)c1ccccc1OCCOc1ccccc1N(CC(=O)O)CC(=O)O. The standard InChI is InChI=1S/C23H26N2O10/c26-20(27)9-10-24(13-21(28)29)16-5-1-3-7-18(16)34-11-12-35-19-8-4-2-6-17(19)25(14-22(30)31)15-23(32)33/h1-8H,9-15H2,(H,26,27)(H,28,29)(H,30,31)(H,32,33). The maximum Gasteiger partial charge on any atom is 0.323 e. The number of aliphatic carboxylic acids is 4. The van der Waals surface area contributed by atoms with Crippen LogP contribution in [0.2, 0.25) is 0 Å². The van der Waals surface area contributed by atoms with Crippen LogP contribution < -0.4 is 19.3 Å². The first kappa shape index (κ1) is 26.8. The summed E-state index contributed by atoms with van der Waals surface area (Å²) >= 11 is 0. The Balaban J connectivity index is 2.09. The van der Waals surface area contributed by atoms with Crippen molar-refractivity contribution >= 4 is 35.3 Å². The van der Waals surface area contributed by atoms with E-state index in [1.165, 1.54) is 4.90 Å². The van der Waals surface area contributed by atoms with Crippen LogP contribution in [-0.2, 0) is 19.2 Å². The molecule has 0 fully saturated rings. The highest BCUT2D eigenvalue weighted by Crippen LogP contribution is 2.30. The molecule has 35 heavy (non-hydrogen) atoms. The van der Waals surface area contributed by atoms with Crippen LogP contribution in [-0.4, -0.2) is 83.7 Å². The molecule has 2 aromatic rings. The molecule has 2 aromatic carbocycles. The molecule has 0 bridgehead atoms. The first-order valence-corrected chi connectivity index (χ1v) is 10.5. The third-order valence-corrected chi connectivity index (χ3v) is 4.58. The first-order valence-electron chi connectivity index (χ1n) is 10.5. The van der Waals surface area contributed by atoms with Crippen LogP contribution in [0.5, 0.6) is 11.5 Å². The summed E-state index contributed by atoms with van der Waals surface area (Å²) in [6, 6.07) is 13.0. The van der Waals surface area contributed by atoms with E-state index in [1.807, 2.05) is 0 Å². The Morgan fingerprint density at radius 1 is 0.600 bits per heavy atom. The lowest BCUT2D eigenvalue weighted by molar-refractivity contribution is -0.138. The summed E-state index contributed by atoms with van der Waals surface area (Å²) in [4.78, 5) is 47.1. The summed E-state index contributed by atoms with van der Waals surface area (Å²) in [5.74, 6) is -4.00. The van der Waals surface area contributed by atoms with Crippen molar-refractivity contribution in [2.45, 2.75) is 6.42 Å². The van der Waals surface area contributed by atoms with Crippen LogP contribution in [0.1, 0.15) is 6.42 Å². The second-order valence-corrected chi connectivity index (χ2v) is 7.23. The number of carbonyl (C=O) groups is 4. The highest BCUT2D eigenvalue weighted by atomic mass is 16.5. The Hall–Kier alpha value is -4.48. The van der Waals surface area contributed by atoms with Crippen molar-refractivity contribution in [1.82, 2.24) is 0 Å². The van der Waals surface area contributed by atoms with E-state index in [0.717, 1.165) is 4.90 Å². The quantitative estimate of drug-likeness (QED) is 0.250. The number of carboxylic acid groups (broad SMARTS) is 4. The third-order valence-electron chi connectivity index (χ3n) is 4.58. The van der Waals surface area contributed by atoms with Crippen LogP contribution in [0.25, 0.3) is 0 Å². The molecule has 2 rings (SSSR count). The predicted molar refractivity (Wildman–Crippen MR) is 123 cm³/mol. The molecule has 0 aliphatic heterocycles. The van der Waals surface area contributed by atoms with Crippen molar-refractivity contribution in [3.8, 4) is 11.5 Å². The Kier molecular flexibility index (Phi) is 10.2. The predicted octanol–water partition coefficient (Wildman–Crippen LogP) is 1.49. The smallest absolute Gasteiger partial charge is 0.323 e. The van der Waals surface area contributed by atoms with Crippen molar-refractivity contribution in [3.63, 3.8) is 0 Å². The number of para-hydroxylation sites is 4. The maximum absolute atomic E-state index is 11.2. The molecule has 0 amide bonds. The Labute approximate surface area is 200 Å². The summed E-state index contributed by atoms with van der Waals surface area (Å²) in [7, 11) is 0. The molecule has 0 aliphatic rings. The van der Waals surface area contributed by atoms with Gasteiger partial charge in [-0.3, -0.25) is 19.2 Å². The van der Waals surface area contributed by atoms with E-state index in [9.17, 15) is 24.3 Å². The minimum Gasteiger partial charge on any atom is -0.488 e. The summed E-state index contributed by atoms with van der Waals surface area (Å²) in [5, 5.41) is 36.4. The molecule has 12 heteroatoms. The van der Waals surface area contributed by atoms with Crippen molar-refractivity contribution in [2.24, 2.45) is 0 Å². The second-order valence-electron chi connectivity index (χ2n) is 7.23. The van der Waals surface area contributed by atoms with Gasteiger partial charge in [0, 0.05) is 6.54 Å². The highest BCUT2D eigenvalue weighted by molar-refractivity contribution is 5.81. The Bertz CT molecular complexity index is 1030. The van der Waals surface area contributed by atoms with Crippen molar-refractivity contribution in [3.05, 3.63) is 48.5 Å². The van der Waals surface area contributed by atoms with Gasteiger partial charge in [0.05, 0.1) is 17.8 Å². The molecule has 0 aromatic heterocycles. The third kappa shape index (κ3) is 9.12. The average molecular weight is 490 g/mol. The molecule has 188 valence electrons. The number of hydrogen-bond acceptors (Lipinski definition) is 8. The molecule has 0 spiro atoms. The molecular formula is C23H26N2O10. The van der Waals surface area contributed by atoms with Gasteiger partial charge in [0.25, 0.3) is 0 Å². The summed E-state index contributed by atoms with van der Waals surface area (Å²) in [6.07, 6.45) is -0.259. The lowest BCUT2D eigenvalue weighted by Gasteiger charge is -2.25. The Morgan fingerprint density at radius 3 is 1.43 bits per heavy atom. The topological polar surface area (TPSA) is 174 Å². The largest absolute Gasteiger partial charge is 0.488 e. The normalized spacial score (nSPS) is 10.3. The fourth-order valence-electron chi connectivity index (χ4n) is 3.22. The fraction of sp³-hybridized carbons (Fsp3) is 0.304. The van der Waals surface area contributed by atoms with Gasteiger partial charge in [-0.25, -0.2) is 0 Å². The van der Waals surface area contributed by atoms with Gasteiger partial charge in [-0.15, -0.1) is 0 Å². The lowest BCUT2D eigenvalue weighted by atomic mass is 10.2. The highest BCUT2D eigenvalue weighted by Gasteiger charge is 2.19. The number of anilines is 2. The number of rotatable bonds is 16.